The number of guanidine groups is 1. The Bertz CT molecular complexity index is 362. The fourth-order valence-corrected chi connectivity index (χ4v) is 1.62. The highest BCUT2D eigenvalue weighted by molar-refractivity contribution is 5.77. The predicted octanol–water partition coefficient (Wildman–Crippen LogP) is 0.885. The molecule has 0 spiro atoms. The van der Waals surface area contributed by atoms with E-state index in [1.165, 1.54) is 0 Å². The van der Waals surface area contributed by atoms with Crippen molar-refractivity contribution in [3.8, 4) is 0 Å². The molecule has 1 heterocycles. The van der Waals surface area contributed by atoms with Crippen molar-refractivity contribution in [1.29, 1.82) is 0 Å². The fourth-order valence-electron chi connectivity index (χ4n) is 1.62. The number of nitrogens with two attached hydrogens (primary N) is 1. The van der Waals surface area contributed by atoms with Gasteiger partial charge in [-0.05, 0) is 26.8 Å². The molecule has 0 fully saturated rings. The van der Waals surface area contributed by atoms with E-state index in [0.717, 1.165) is 24.5 Å². The topological polar surface area (TPSA) is 59.4 Å². The summed E-state index contributed by atoms with van der Waals surface area (Å²) in [5, 5.41) is 4.27. The van der Waals surface area contributed by atoms with Crippen LogP contribution >= 0.6 is 0 Å². The van der Waals surface area contributed by atoms with E-state index in [2.05, 4.69) is 23.9 Å². The van der Waals surface area contributed by atoms with Crippen molar-refractivity contribution in [3.05, 3.63) is 17.5 Å². The van der Waals surface area contributed by atoms with E-state index < -0.39 is 0 Å². The molecular weight excluding hydrogens is 202 g/mol. The number of aryl methyl sites for hydroxylation is 2. The van der Waals surface area contributed by atoms with Crippen molar-refractivity contribution in [2.75, 3.05) is 13.1 Å². The second kappa shape index (κ2) is 5.53. The third kappa shape index (κ3) is 2.98. The third-order valence-corrected chi connectivity index (χ3v) is 2.59. The van der Waals surface area contributed by atoms with Crippen molar-refractivity contribution in [1.82, 2.24) is 14.7 Å². The maximum Gasteiger partial charge on any atom is 0.191 e. The maximum absolute atomic E-state index is 5.89. The number of nitrogens with zero attached hydrogens (tertiary/aromatic N) is 4. The first-order chi connectivity index (χ1) is 7.58. The highest BCUT2D eigenvalue weighted by Crippen LogP contribution is 2.03. The number of hydrogen-bond donors (Lipinski definition) is 1. The molecule has 1 aromatic heterocycles. The average molecular weight is 223 g/mol. The summed E-state index contributed by atoms with van der Waals surface area (Å²) in [5.41, 5.74) is 7.97. The molecule has 5 nitrogen and oxygen atoms in total. The zero-order valence-electron chi connectivity index (χ0n) is 10.6. The third-order valence-electron chi connectivity index (χ3n) is 2.59. The number of aromatic nitrogens is 2. The molecule has 16 heavy (non-hydrogen) atoms. The molecule has 5 heteroatoms. The second-order valence-electron chi connectivity index (χ2n) is 3.75. The molecule has 0 bridgehead atoms. The first-order valence-electron chi connectivity index (χ1n) is 5.62. The van der Waals surface area contributed by atoms with E-state index in [4.69, 9.17) is 5.73 Å². The lowest BCUT2D eigenvalue weighted by Gasteiger charge is -2.19. The Balaban J connectivity index is 2.68. The van der Waals surface area contributed by atoms with Crippen molar-refractivity contribution in [3.63, 3.8) is 0 Å². The van der Waals surface area contributed by atoms with E-state index in [0.29, 0.717) is 12.5 Å². The normalized spacial score (nSPS) is 11.9. The van der Waals surface area contributed by atoms with Crippen molar-refractivity contribution in [2.24, 2.45) is 17.8 Å². The van der Waals surface area contributed by atoms with Crippen LogP contribution in [0.25, 0.3) is 0 Å². The molecule has 0 atom stereocenters. The Morgan fingerprint density at radius 3 is 2.56 bits per heavy atom. The van der Waals surface area contributed by atoms with E-state index in [1.807, 2.05) is 29.6 Å². The molecule has 0 saturated heterocycles. The maximum atomic E-state index is 5.89. The first-order valence-corrected chi connectivity index (χ1v) is 5.62. The van der Waals surface area contributed by atoms with Crippen LogP contribution < -0.4 is 5.73 Å². The van der Waals surface area contributed by atoms with E-state index in [9.17, 15) is 0 Å². The van der Waals surface area contributed by atoms with E-state index >= 15 is 0 Å². The lowest BCUT2D eigenvalue weighted by molar-refractivity contribution is 0.457. The molecule has 0 unspecified atom stereocenters. The molecule has 1 aromatic rings. The van der Waals surface area contributed by atoms with Gasteiger partial charge in [0.2, 0.25) is 0 Å². The summed E-state index contributed by atoms with van der Waals surface area (Å²) in [6.07, 6.45) is 0. The van der Waals surface area contributed by atoms with Gasteiger partial charge in [0.25, 0.3) is 0 Å². The Kier molecular flexibility index (Phi) is 4.34. The summed E-state index contributed by atoms with van der Waals surface area (Å²) in [5.74, 6) is 0.601. The van der Waals surface area contributed by atoms with Gasteiger partial charge >= 0.3 is 0 Å². The molecule has 90 valence electrons. The highest BCUT2D eigenvalue weighted by Gasteiger charge is 2.04. The van der Waals surface area contributed by atoms with Gasteiger partial charge < -0.3 is 10.6 Å². The van der Waals surface area contributed by atoms with Gasteiger partial charge in [0, 0.05) is 20.1 Å². The van der Waals surface area contributed by atoms with Crippen LogP contribution in [-0.4, -0.2) is 33.7 Å². The standard InChI is InChI=1S/C11H21N5/c1-5-16(6-2)11(12)13-8-10-7-9(3)14-15(10)4/h7H,5-6,8H2,1-4H3,(H2,12,13). The molecule has 0 aromatic carbocycles. The van der Waals surface area contributed by atoms with Crippen LogP contribution in [-0.2, 0) is 13.6 Å². The SMILES string of the molecule is CCN(CC)C(N)=NCc1cc(C)nn1C. The Morgan fingerprint density at radius 1 is 1.50 bits per heavy atom. The zero-order chi connectivity index (χ0) is 12.1. The highest BCUT2D eigenvalue weighted by atomic mass is 15.3. The van der Waals surface area contributed by atoms with Gasteiger partial charge in [0.05, 0.1) is 17.9 Å². The number of rotatable bonds is 4. The molecule has 0 aliphatic heterocycles. The number of hydrogen-bond acceptors (Lipinski definition) is 2. The molecular formula is C11H21N5. The van der Waals surface area contributed by atoms with Gasteiger partial charge in [0.15, 0.2) is 5.96 Å². The van der Waals surface area contributed by atoms with E-state index in [-0.39, 0.29) is 0 Å². The van der Waals surface area contributed by atoms with Gasteiger partial charge in [-0.2, -0.15) is 5.10 Å². The predicted molar refractivity (Wildman–Crippen MR) is 66.2 cm³/mol. The minimum atomic E-state index is 0.583. The van der Waals surface area contributed by atoms with Crippen LogP contribution in [0, 0.1) is 6.92 Å². The fraction of sp³-hybridized carbons (Fsp3) is 0.636. The summed E-state index contributed by atoms with van der Waals surface area (Å²) in [4.78, 5) is 6.40. The quantitative estimate of drug-likeness (QED) is 0.609. The van der Waals surface area contributed by atoms with Gasteiger partial charge in [-0.15, -0.1) is 0 Å². The van der Waals surface area contributed by atoms with Gasteiger partial charge in [-0.3, -0.25) is 4.68 Å². The average Bonchev–Trinajstić information content (AvgIpc) is 2.56. The summed E-state index contributed by atoms with van der Waals surface area (Å²) in [7, 11) is 1.92. The van der Waals surface area contributed by atoms with Gasteiger partial charge in [0.1, 0.15) is 0 Å². The summed E-state index contributed by atoms with van der Waals surface area (Å²) >= 11 is 0. The van der Waals surface area contributed by atoms with Crippen LogP contribution in [0.2, 0.25) is 0 Å². The zero-order valence-corrected chi connectivity index (χ0v) is 10.6. The van der Waals surface area contributed by atoms with Gasteiger partial charge in [-0.1, -0.05) is 0 Å². The smallest absolute Gasteiger partial charge is 0.191 e. The Morgan fingerprint density at radius 2 is 2.12 bits per heavy atom. The monoisotopic (exact) mass is 223 g/mol. The van der Waals surface area contributed by atoms with E-state index in [1.54, 1.807) is 0 Å². The minimum Gasteiger partial charge on any atom is -0.370 e. The largest absolute Gasteiger partial charge is 0.370 e. The second-order valence-corrected chi connectivity index (χ2v) is 3.75. The van der Waals surface area contributed by atoms with Crippen molar-refractivity contribution in [2.45, 2.75) is 27.3 Å². The molecule has 0 aliphatic rings. The summed E-state index contributed by atoms with van der Waals surface area (Å²) < 4.78 is 1.84. The number of aliphatic imine (C=N–C) groups is 1. The summed E-state index contributed by atoms with van der Waals surface area (Å²) in [6.45, 7) is 8.47. The molecule has 0 radical (unpaired) electrons. The lowest BCUT2D eigenvalue weighted by Crippen LogP contribution is -2.37. The lowest BCUT2D eigenvalue weighted by atomic mass is 10.4. The van der Waals surface area contributed by atoms with Crippen LogP contribution in [0.3, 0.4) is 0 Å². The Labute approximate surface area is 97.0 Å². The molecule has 2 N–H and O–H groups in total. The summed E-state index contributed by atoms with van der Waals surface area (Å²) in [6, 6.07) is 2.03. The van der Waals surface area contributed by atoms with Crippen LogP contribution in [0.4, 0.5) is 0 Å². The molecule has 0 aliphatic carbocycles. The van der Waals surface area contributed by atoms with Crippen LogP contribution in [0.1, 0.15) is 25.2 Å². The van der Waals surface area contributed by atoms with Gasteiger partial charge in [-0.25, -0.2) is 4.99 Å². The Hall–Kier alpha value is -1.52. The first kappa shape index (κ1) is 12.5. The molecule has 0 saturated carbocycles. The van der Waals surface area contributed by atoms with Crippen LogP contribution in [0.5, 0.6) is 0 Å². The van der Waals surface area contributed by atoms with Crippen molar-refractivity contribution < 1.29 is 0 Å². The van der Waals surface area contributed by atoms with Crippen molar-refractivity contribution >= 4 is 5.96 Å². The minimum absolute atomic E-state index is 0.583. The molecule has 1 rings (SSSR count). The van der Waals surface area contributed by atoms with Crippen LogP contribution in [0.15, 0.2) is 11.1 Å². The molecule has 0 amide bonds.